The maximum Gasteiger partial charge on any atom is 0.307 e. The molecule has 1 heterocycles. The topological polar surface area (TPSA) is 84.5 Å². The smallest absolute Gasteiger partial charge is 0.307 e. The third-order valence-electron chi connectivity index (χ3n) is 3.01. The molecule has 0 aliphatic heterocycles. The Balaban J connectivity index is 1.74. The van der Waals surface area contributed by atoms with Crippen molar-refractivity contribution in [2.24, 2.45) is 5.92 Å². The van der Waals surface area contributed by atoms with Crippen molar-refractivity contribution in [1.29, 1.82) is 0 Å². The minimum absolute atomic E-state index is 0.0187. The van der Waals surface area contributed by atoms with Gasteiger partial charge < -0.3 is 15.4 Å². The van der Waals surface area contributed by atoms with Crippen molar-refractivity contribution in [3.63, 3.8) is 0 Å². The third-order valence-corrected chi connectivity index (χ3v) is 4.01. The Bertz CT molecular complexity index is 564. The zero-order valence-electron chi connectivity index (χ0n) is 12.7. The number of ether oxygens (including phenoxy) is 1. The first kappa shape index (κ1) is 16.5. The third kappa shape index (κ3) is 5.14. The summed E-state index contributed by atoms with van der Waals surface area (Å²) in [6.45, 7) is 3.78. The highest BCUT2D eigenvalue weighted by Gasteiger charge is 2.29. The molecule has 1 fully saturated rings. The summed E-state index contributed by atoms with van der Waals surface area (Å²) in [4.78, 5) is 35.4. The number of carbonyl (C=O) groups excluding carboxylic acids is 3. The molecule has 1 aromatic rings. The van der Waals surface area contributed by atoms with E-state index in [1.165, 1.54) is 11.3 Å². The lowest BCUT2D eigenvalue weighted by Crippen LogP contribution is -2.26. The monoisotopic (exact) mass is 324 g/mol. The normalized spacial score (nSPS) is 13.8. The molecule has 2 amide bonds. The van der Waals surface area contributed by atoms with E-state index in [9.17, 15) is 14.4 Å². The van der Waals surface area contributed by atoms with Crippen LogP contribution >= 0.6 is 11.3 Å². The Morgan fingerprint density at radius 3 is 2.68 bits per heavy atom. The second-order valence-electron chi connectivity index (χ2n) is 5.47. The molecule has 22 heavy (non-hydrogen) atoms. The first-order valence-corrected chi connectivity index (χ1v) is 8.15. The lowest BCUT2D eigenvalue weighted by atomic mass is 10.3. The summed E-state index contributed by atoms with van der Waals surface area (Å²) in [5, 5.41) is 6.13. The number of hydrogen-bond acceptors (Lipinski definition) is 5. The van der Waals surface area contributed by atoms with Gasteiger partial charge in [0.15, 0.2) is 0 Å². The van der Waals surface area contributed by atoms with Gasteiger partial charge in [0.05, 0.1) is 22.4 Å². The van der Waals surface area contributed by atoms with Crippen LogP contribution in [0.25, 0.3) is 0 Å². The molecular formula is C15H20N2O4S. The van der Waals surface area contributed by atoms with Crippen molar-refractivity contribution in [3.05, 3.63) is 17.0 Å². The van der Waals surface area contributed by atoms with Crippen LogP contribution < -0.4 is 10.6 Å². The molecule has 0 bridgehead atoms. The van der Waals surface area contributed by atoms with Gasteiger partial charge in [0.2, 0.25) is 5.91 Å². The number of amides is 2. The summed E-state index contributed by atoms with van der Waals surface area (Å²) in [7, 11) is 0. The lowest BCUT2D eigenvalue weighted by Gasteiger charge is -2.08. The van der Waals surface area contributed by atoms with Gasteiger partial charge in [0.1, 0.15) is 0 Å². The molecule has 0 radical (unpaired) electrons. The van der Waals surface area contributed by atoms with Crippen LogP contribution in [-0.2, 0) is 14.3 Å². The molecule has 0 unspecified atom stereocenters. The predicted molar refractivity (Wildman–Crippen MR) is 83.9 cm³/mol. The van der Waals surface area contributed by atoms with Gasteiger partial charge in [0, 0.05) is 12.5 Å². The summed E-state index contributed by atoms with van der Waals surface area (Å²) in [6.07, 6.45) is 1.87. The zero-order valence-corrected chi connectivity index (χ0v) is 13.5. The van der Waals surface area contributed by atoms with E-state index in [0.29, 0.717) is 9.88 Å². The summed E-state index contributed by atoms with van der Waals surface area (Å²) in [5.74, 6) is -0.440. The average molecular weight is 324 g/mol. The summed E-state index contributed by atoms with van der Waals surface area (Å²) >= 11 is 1.22. The Morgan fingerprint density at radius 2 is 2.05 bits per heavy atom. The van der Waals surface area contributed by atoms with Crippen molar-refractivity contribution in [2.75, 3.05) is 11.9 Å². The summed E-state index contributed by atoms with van der Waals surface area (Å²) in [5.41, 5.74) is 0. The summed E-state index contributed by atoms with van der Waals surface area (Å²) in [6, 6.07) is 3.38. The average Bonchev–Trinajstić information content (AvgIpc) is 3.18. The maximum atomic E-state index is 11.9. The SMILES string of the molecule is CC(C)OC(=O)CCNC(=O)c1ccc(NC(=O)C2CC2)s1. The number of carbonyl (C=O) groups is 3. The van der Waals surface area contributed by atoms with E-state index >= 15 is 0 Å². The van der Waals surface area contributed by atoms with E-state index in [-0.39, 0.29) is 42.8 Å². The number of hydrogen-bond donors (Lipinski definition) is 2. The van der Waals surface area contributed by atoms with Crippen LogP contribution in [0.1, 0.15) is 42.8 Å². The molecular weight excluding hydrogens is 304 g/mol. The number of anilines is 1. The van der Waals surface area contributed by atoms with E-state index in [1.54, 1.807) is 26.0 Å². The molecule has 0 aromatic carbocycles. The van der Waals surface area contributed by atoms with Gasteiger partial charge >= 0.3 is 5.97 Å². The quantitative estimate of drug-likeness (QED) is 0.753. The molecule has 2 N–H and O–H groups in total. The molecule has 1 saturated carbocycles. The van der Waals surface area contributed by atoms with Crippen LogP contribution in [0.2, 0.25) is 0 Å². The van der Waals surface area contributed by atoms with E-state index in [0.717, 1.165) is 12.8 Å². The molecule has 0 saturated heterocycles. The van der Waals surface area contributed by atoms with Gasteiger partial charge in [0.25, 0.3) is 5.91 Å². The second-order valence-corrected chi connectivity index (χ2v) is 6.56. The number of esters is 1. The van der Waals surface area contributed by atoms with Gasteiger partial charge in [-0.2, -0.15) is 0 Å². The van der Waals surface area contributed by atoms with Crippen molar-refractivity contribution >= 4 is 34.1 Å². The number of nitrogens with one attached hydrogen (secondary N) is 2. The molecule has 1 aliphatic carbocycles. The fourth-order valence-electron chi connectivity index (χ4n) is 1.78. The van der Waals surface area contributed by atoms with Gasteiger partial charge in [-0.1, -0.05) is 0 Å². The van der Waals surface area contributed by atoms with E-state index in [4.69, 9.17) is 4.74 Å². The maximum absolute atomic E-state index is 11.9. The second kappa shape index (κ2) is 7.40. The van der Waals surface area contributed by atoms with Crippen molar-refractivity contribution in [1.82, 2.24) is 5.32 Å². The lowest BCUT2D eigenvalue weighted by molar-refractivity contribution is -0.147. The standard InChI is InChI=1S/C15H20N2O4S/c1-9(2)21-13(18)7-8-16-15(20)11-5-6-12(22-11)17-14(19)10-3-4-10/h5-6,9-10H,3-4,7-8H2,1-2H3,(H,16,20)(H,17,19). The fourth-order valence-corrected chi connectivity index (χ4v) is 2.61. The van der Waals surface area contributed by atoms with Crippen LogP contribution in [0, 0.1) is 5.92 Å². The molecule has 2 rings (SSSR count). The van der Waals surface area contributed by atoms with Gasteiger partial charge in [-0.3, -0.25) is 14.4 Å². The number of thiophene rings is 1. The van der Waals surface area contributed by atoms with E-state index < -0.39 is 0 Å². The van der Waals surface area contributed by atoms with Crippen LogP contribution in [-0.4, -0.2) is 30.4 Å². The van der Waals surface area contributed by atoms with Crippen molar-refractivity contribution in [2.45, 2.75) is 39.2 Å². The molecule has 6 nitrogen and oxygen atoms in total. The van der Waals surface area contributed by atoms with E-state index in [1.807, 2.05) is 0 Å². The minimum Gasteiger partial charge on any atom is -0.463 e. The van der Waals surface area contributed by atoms with Crippen LogP contribution in [0.5, 0.6) is 0 Å². The Kier molecular flexibility index (Phi) is 5.54. The van der Waals surface area contributed by atoms with Gasteiger partial charge in [-0.25, -0.2) is 0 Å². The van der Waals surface area contributed by atoms with Crippen LogP contribution in [0.4, 0.5) is 5.00 Å². The molecule has 0 spiro atoms. The zero-order chi connectivity index (χ0) is 16.1. The van der Waals surface area contributed by atoms with Crippen molar-refractivity contribution in [3.8, 4) is 0 Å². The minimum atomic E-state index is -0.334. The first-order valence-electron chi connectivity index (χ1n) is 7.34. The largest absolute Gasteiger partial charge is 0.463 e. The van der Waals surface area contributed by atoms with Gasteiger partial charge in [-0.15, -0.1) is 11.3 Å². The molecule has 1 aromatic heterocycles. The van der Waals surface area contributed by atoms with Crippen molar-refractivity contribution < 1.29 is 19.1 Å². The molecule has 7 heteroatoms. The fraction of sp³-hybridized carbons (Fsp3) is 0.533. The Hall–Kier alpha value is -1.89. The Labute approximate surface area is 133 Å². The highest BCUT2D eigenvalue weighted by atomic mass is 32.1. The summed E-state index contributed by atoms with van der Waals surface area (Å²) < 4.78 is 4.98. The molecule has 0 atom stereocenters. The van der Waals surface area contributed by atoms with E-state index in [2.05, 4.69) is 10.6 Å². The van der Waals surface area contributed by atoms with Crippen LogP contribution in [0.3, 0.4) is 0 Å². The molecule has 120 valence electrons. The van der Waals surface area contributed by atoms with Crippen LogP contribution in [0.15, 0.2) is 12.1 Å². The molecule has 1 aliphatic rings. The predicted octanol–water partition coefficient (Wildman–Crippen LogP) is 2.17. The Morgan fingerprint density at radius 1 is 1.32 bits per heavy atom. The number of rotatable bonds is 7. The van der Waals surface area contributed by atoms with Gasteiger partial charge in [-0.05, 0) is 38.8 Å². The first-order chi connectivity index (χ1) is 10.5. The highest BCUT2D eigenvalue weighted by molar-refractivity contribution is 7.18. The highest BCUT2D eigenvalue weighted by Crippen LogP contribution is 2.31.